The van der Waals surface area contributed by atoms with E-state index in [4.69, 9.17) is 0 Å². The zero-order valence-electron chi connectivity index (χ0n) is 10.5. The quantitative estimate of drug-likeness (QED) is 0.848. The van der Waals surface area contributed by atoms with Crippen LogP contribution in [0.25, 0.3) is 0 Å². The van der Waals surface area contributed by atoms with Crippen molar-refractivity contribution in [1.29, 1.82) is 0 Å². The van der Waals surface area contributed by atoms with E-state index in [0.717, 1.165) is 6.07 Å². The largest absolute Gasteiger partial charge is 0.435 e. The van der Waals surface area contributed by atoms with Gasteiger partial charge in [-0.1, -0.05) is 6.07 Å². The lowest BCUT2D eigenvalue weighted by Crippen LogP contribution is -2.38. The van der Waals surface area contributed by atoms with Crippen LogP contribution in [-0.2, 0) is 14.8 Å². The van der Waals surface area contributed by atoms with Crippen molar-refractivity contribution >= 4 is 15.8 Å². The monoisotopic (exact) mass is 305 g/mol. The lowest BCUT2D eigenvalue weighted by Gasteiger charge is -2.25. The Hall–Kier alpha value is -1.54. The van der Waals surface area contributed by atoms with Gasteiger partial charge in [0.15, 0.2) is 0 Å². The van der Waals surface area contributed by atoms with Crippen LogP contribution in [0, 0.1) is 0 Å². The van der Waals surface area contributed by atoms with Crippen LogP contribution >= 0.6 is 0 Å². The molecule has 1 fully saturated rings. The standard InChI is InChI=1S/C12H13F2NO4S/c13-12(14)19-10-2-1-3-11(8-10)20(17,18)15-6-4-9(16)5-7-15/h1-3,8,12H,4-7H2. The highest BCUT2D eigenvalue weighted by Crippen LogP contribution is 2.23. The Kier molecular flexibility index (Phi) is 4.34. The van der Waals surface area contributed by atoms with Gasteiger partial charge in [-0.25, -0.2) is 8.42 Å². The van der Waals surface area contributed by atoms with E-state index in [1.165, 1.54) is 22.5 Å². The SMILES string of the molecule is O=C1CCN(S(=O)(=O)c2cccc(OC(F)F)c2)CC1. The summed E-state index contributed by atoms with van der Waals surface area (Å²) < 4.78 is 54.2. The molecule has 1 aliphatic rings. The average Bonchev–Trinajstić information content (AvgIpc) is 2.39. The van der Waals surface area contributed by atoms with Crippen molar-refractivity contribution in [3.05, 3.63) is 24.3 Å². The number of ether oxygens (including phenoxy) is 1. The van der Waals surface area contributed by atoms with Crippen molar-refractivity contribution in [2.75, 3.05) is 13.1 Å². The number of carbonyl (C=O) groups excluding carboxylic acids is 1. The predicted molar refractivity (Wildman–Crippen MR) is 66.1 cm³/mol. The topological polar surface area (TPSA) is 63.7 Å². The molecule has 2 rings (SSSR count). The summed E-state index contributed by atoms with van der Waals surface area (Å²) in [6.45, 7) is -2.79. The van der Waals surface area contributed by atoms with E-state index in [9.17, 15) is 22.0 Å². The van der Waals surface area contributed by atoms with Gasteiger partial charge in [-0.15, -0.1) is 0 Å². The van der Waals surface area contributed by atoms with Gasteiger partial charge < -0.3 is 4.74 Å². The number of rotatable bonds is 4. The molecule has 20 heavy (non-hydrogen) atoms. The summed E-state index contributed by atoms with van der Waals surface area (Å²) in [6.07, 6.45) is 0.346. The molecule has 0 saturated carbocycles. The molecule has 0 amide bonds. The molecule has 1 saturated heterocycles. The number of benzene rings is 1. The van der Waals surface area contributed by atoms with Crippen LogP contribution in [0.2, 0.25) is 0 Å². The number of halogens is 2. The first kappa shape index (κ1) is 14.9. The molecule has 1 heterocycles. The van der Waals surface area contributed by atoms with Gasteiger partial charge in [0.05, 0.1) is 4.90 Å². The Morgan fingerprint density at radius 2 is 1.85 bits per heavy atom. The normalized spacial score (nSPS) is 17.4. The Morgan fingerprint density at radius 3 is 2.45 bits per heavy atom. The Balaban J connectivity index is 2.23. The molecular weight excluding hydrogens is 292 g/mol. The van der Waals surface area contributed by atoms with Crippen molar-refractivity contribution in [3.63, 3.8) is 0 Å². The molecule has 0 spiro atoms. The summed E-state index contributed by atoms with van der Waals surface area (Å²) in [5.41, 5.74) is 0. The van der Waals surface area contributed by atoms with E-state index in [1.54, 1.807) is 0 Å². The second-order valence-corrected chi connectivity index (χ2v) is 6.23. The van der Waals surface area contributed by atoms with Crippen LogP contribution in [0.15, 0.2) is 29.2 Å². The number of hydrogen-bond acceptors (Lipinski definition) is 4. The Bertz CT molecular complexity index is 593. The highest BCUT2D eigenvalue weighted by atomic mass is 32.2. The maximum Gasteiger partial charge on any atom is 0.387 e. The number of hydrogen-bond donors (Lipinski definition) is 0. The molecule has 1 aliphatic heterocycles. The average molecular weight is 305 g/mol. The molecule has 0 N–H and O–H groups in total. The van der Waals surface area contributed by atoms with Gasteiger partial charge in [0, 0.05) is 32.0 Å². The molecule has 1 aromatic rings. The van der Waals surface area contributed by atoms with Gasteiger partial charge in [-0.3, -0.25) is 4.79 Å². The highest BCUT2D eigenvalue weighted by molar-refractivity contribution is 7.89. The first-order valence-electron chi connectivity index (χ1n) is 5.96. The third-order valence-corrected chi connectivity index (χ3v) is 4.84. The lowest BCUT2D eigenvalue weighted by molar-refractivity contribution is -0.120. The summed E-state index contributed by atoms with van der Waals surface area (Å²) >= 11 is 0. The lowest BCUT2D eigenvalue weighted by atomic mass is 10.1. The molecule has 0 unspecified atom stereocenters. The van der Waals surface area contributed by atoms with Gasteiger partial charge in [-0.05, 0) is 12.1 Å². The maximum absolute atomic E-state index is 12.3. The minimum Gasteiger partial charge on any atom is -0.435 e. The smallest absolute Gasteiger partial charge is 0.387 e. The first-order chi connectivity index (χ1) is 9.39. The van der Waals surface area contributed by atoms with E-state index in [-0.39, 0.29) is 42.4 Å². The van der Waals surface area contributed by atoms with Crippen molar-refractivity contribution in [3.8, 4) is 5.75 Å². The van der Waals surface area contributed by atoms with Gasteiger partial charge in [0.1, 0.15) is 11.5 Å². The fraction of sp³-hybridized carbons (Fsp3) is 0.417. The first-order valence-corrected chi connectivity index (χ1v) is 7.40. The zero-order chi connectivity index (χ0) is 14.8. The number of alkyl halides is 2. The molecule has 110 valence electrons. The van der Waals surface area contributed by atoms with E-state index in [2.05, 4.69) is 4.74 Å². The van der Waals surface area contributed by atoms with Crippen molar-refractivity contribution < 1.29 is 26.7 Å². The van der Waals surface area contributed by atoms with E-state index in [1.807, 2.05) is 0 Å². The number of Topliss-reactive ketones (excluding diaryl/α,β-unsaturated/α-hetero) is 1. The van der Waals surface area contributed by atoms with Crippen molar-refractivity contribution in [2.24, 2.45) is 0 Å². The fourth-order valence-corrected chi connectivity index (χ4v) is 3.41. The number of ketones is 1. The molecule has 0 atom stereocenters. The molecule has 0 aromatic heterocycles. The maximum atomic E-state index is 12.3. The van der Waals surface area contributed by atoms with Crippen LogP contribution in [0.5, 0.6) is 5.75 Å². The number of carbonyl (C=O) groups is 1. The number of nitrogens with zero attached hydrogens (tertiary/aromatic N) is 1. The summed E-state index contributed by atoms with van der Waals surface area (Å²) in [4.78, 5) is 11.0. The highest BCUT2D eigenvalue weighted by Gasteiger charge is 2.28. The summed E-state index contributed by atoms with van der Waals surface area (Å²) in [7, 11) is -3.79. The van der Waals surface area contributed by atoms with Crippen LogP contribution in [0.1, 0.15) is 12.8 Å². The second kappa shape index (κ2) is 5.84. The third kappa shape index (κ3) is 3.31. The summed E-state index contributed by atoms with van der Waals surface area (Å²) in [6, 6.07) is 4.95. The second-order valence-electron chi connectivity index (χ2n) is 4.30. The Morgan fingerprint density at radius 1 is 1.20 bits per heavy atom. The van der Waals surface area contributed by atoms with E-state index in [0.29, 0.717) is 0 Å². The molecule has 5 nitrogen and oxygen atoms in total. The molecule has 0 aliphatic carbocycles. The van der Waals surface area contributed by atoms with Crippen LogP contribution in [0.3, 0.4) is 0 Å². The summed E-state index contributed by atoms with van der Waals surface area (Å²) in [5.74, 6) is -0.194. The van der Waals surface area contributed by atoms with Crippen molar-refractivity contribution in [1.82, 2.24) is 4.31 Å². The van der Waals surface area contributed by atoms with Gasteiger partial charge in [0.2, 0.25) is 10.0 Å². The van der Waals surface area contributed by atoms with Crippen LogP contribution < -0.4 is 4.74 Å². The van der Waals surface area contributed by atoms with Crippen LogP contribution in [0.4, 0.5) is 8.78 Å². The predicted octanol–water partition coefficient (Wildman–Crippen LogP) is 1.64. The Labute approximate surface area is 115 Å². The molecule has 8 heteroatoms. The third-order valence-electron chi connectivity index (χ3n) is 2.95. The zero-order valence-corrected chi connectivity index (χ0v) is 11.3. The molecule has 0 radical (unpaired) electrons. The molecule has 1 aromatic carbocycles. The number of piperidine rings is 1. The fourth-order valence-electron chi connectivity index (χ4n) is 1.94. The van der Waals surface area contributed by atoms with Crippen molar-refractivity contribution in [2.45, 2.75) is 24.3 Å². The van der Waals surface area contributed by atoms with Gasteiger partial charge in [0.25, 0.3) is 0 Å². The van der Waals surface area contributed by atoms with E-state index >= 15 is 0 Å². The van der Waals surface area contributed by atoms with E-state index < -0.39 is 16.6 Å². The minimum absolute atomic E-state index is 0.0197. The minimum atomic E-state index is -3.79. The molecular formula is C12H13F2NO4S. The number of sulfonamides is 1. The summed E-state index contributed by atoms with van der Waals surface area (Å²) in [5, 5.41) is 0. The molecule has 0 bridgehead atoms. The van der Waals surface area contributed by atoms with Gasteiger partial charge in [-0.2, -0.15) is 13.1 Å². The van der Waals surface area contributed by atoms with Gasteiger partial charge >= 0.3 is 6.61 Å². The van der Waals surface area contributed by atoms with Crippen LogP contribution in [-0.4, -0.2) is 38.2 Å².